The summed E-state index contributed by atoms with van der Waals surface area (Å²) in [6, 6.07) is 9.91. The molecule has 0 amide bonds. The monoisotopic (exact) mass is 238 g/mol. The highest BCUT2D eigenvalue weighted by Crippen LogP contribution is 2.08. The SMILES string of the molecule is Cl.N#Cc1ccc(CN2CCOCC2)cc1. The van der Waals surface area contributed by atoms with E-state index in [2.05, 4.69) is 11.0 Å². The molecule has 1 aliphatic rings. The van der Waals surface area contributed by atoms with Crippen LogP contribution in [-0.4, -0.2) is 31.2 Å². The predicted molar refractivity (Wildman–Crippen MR) is 64.5 cm³/mol. The lowest BCUT2D eigenvalue weighted by Crippen LogP contribution is -2.35. The fourth-order valence-corrected chi connectivity index (χ4v) is 1.70. The molecular formula is C12H15ClN2O. The van der Waals surface area contributed by atoms with Gasteiger partial charge in [0.05, 0.1) is 24.8 Å². The minimum absolute atomic E-state index is 0. The van der Waals surface area contributed by atoms with E-state index in [1.54, 1.807) is 0 Å². The second-order valence-electron chi connectivity index (χ2n) is 3.70. The van der Waals surface area contributed by atoms with Crippen LogP contribution in [0.2, 0.25) is 0 Å². The lowest BCUT2D eigenvalue weighted by Gasteiger charge is -2.26. The summed E-state index contributed by atoms with van der Waals surface area (Å²) >= 11 is 0. The van der Waals surface area contributed by atoms with Crippen LogP contribution in [0.1, 0.15) is 11.1 Å². The number of rotatable bonds is 2. The van der Waals surface area contributed by atoms with Crippen molar-refractivity contribution in [2.24, 2.45) is 0 Å². The Balaban J connectivity index is 0.00000128. The van der Waals surface area contributed by atoms with E-state index in [9.17, 15) is 0 Å². The molecule has 0 aliphatic carbocycles. The molecule has 4 heteroatoms. The number of hydrogen-bond acceptors (Lipinski definition) is 3. The standard InChI is InChI=1S/C12H14N2O.ClH/c13-9-11-1-3-12(4-2-11)10-14-5-7-15-8-6-14;/h1-4H,5-8,10H2;1H. The molecule has 1 aromatic rings. The second kappa shape index (κ2) is 6.49. The van der Waals surface area contributed by atoms with Gasteiger partial charge in [-0.2, -0.15) is 5.26 Å². The van der Waals surface area contributed by atoms with Gasteiger partial charge in [0, 0.05) is 19.6 Å². The molecule has 0 unspecified atom stereocenters. The molecule has 3 nitrogen and oxygen atoms in total. The molecule has 1 fully saturated rings. The molecule has 0 radical (unpaired) electrons. The highest BCUT2D eigenvalue weighted by atomic mass is 35.5. The Morgan fingerprint density at radius 2 is 1.81 bits per heavy atom. The predicted octanol–water partition coefficient (Wildman–Crippen LogP) is 1.81. The Bertz CT molecular complexity index is 352. The number of nitriles is 1. The van der Waals surface area contributed by atoms with E-state index in [0.717, 1.165) is 38.4 Å². The molecule has 2 rings (SSSR count). The van der Waals surface area contributed by atoms with Crippen LogP contribution in [0.3, 0.4) is 0 Å². The van der Waals surface area contributed by atoms with Gasteiger partial charge in [0.1, 0.15) is 0 Å². The lowest BCUT2D eigenvalue weighted by atomic mass is 10.1. The van der Waals surface area contributed by atoms with Crippen LogP contribution >= 0.6 is 12.4 Å². The summed E-state index contributed by atoms with van der Waals surface area (Å²) in [4.78, 5) is 2.37. The van der Waals surface area contributed by atoms with Crippen molar-refractivity contribution >= 4 is 12.4 Å². The van der Waals surface area contributed by atoms with E-state index in [1.165, 1.54) is 5.56 Å². The van der Waals surface area contributed by atoms with Crippen molar-refractivity contribution < 1.29 is 4.74 Å². The van der Waals surface area contributed by atoms with E-state index >= 15 is 0 Å². The first-order valence-electron chi connectivity index (χ1n) is 5.17. The second-order valence-corrected chi connectivity index (χ2v) is 3.70. The van der Waals surface area contributed by atoms with Crippen LogP contribution in [0.4, 0.5) is 0 Å². The number of halogens is 1. The maximum atomic E-state index is 8.67. The van der Waals surface area contributed by atoms with Gasteiger partial charge in [-0.1, -0.05) is 12.1 Å². The van der Waals surface area contributed by atoms with Gasteiger partial charge in [0.2, 0.25) is 0 Å². The summed E-state index contributed by atoms with van der Waals surface area (Å²) in [7, 11) is 0. The summed E-state index contributed by atoms with van der Waals surface area (Å²) in [6.45, 7) is 4.61. The van der Waals surface area contributed by atoms with Crippen molar-refractivity contribution in [3.63, 3.8) is 0 Å². The molecule has 1 aromatic carbocycles. The lowest BCUT2D eigenvalue weighted by molar-refractivity contribution is 0.0342. The molecule has 0 bridgehead atoms. The summed E-state index contributed by atoms with van der Waals surface area (Å²) in [5.41, 5.74) is 1.98. The topological polar surface area (TPSA) is 36.3 Å². The van der Waals surface area contributed by atoms with Crippen LogP contribution in [0, 0.1) is 11.3 Å². The number of nitrogens with zero attached hydrogens (tertiary/aromatic N) is 2. The van der Waals surface area contributed by atoms with Crippen LogP contribution in [0.25, 0.3) is 0 Å². The number of morpholine rings is 1. The Kier molecular flexibility index (Phi) is 5.27. The van der Waals surface area contributed by atoms with Gasteiger partial charge in [0.25, 0.3) is 0 Å². The third kappa shape index (κ3) is 3.49. The smallest absolute Gasteiger partial charge is 0.0991 e. The molecule has 0 N–H and O–H groups in total. The fraction of sp³-hybridized carbons (Fsp3) is 0.417. The Morgan fingerprint density at radius 3 is 2.38 bits per heavy atom. The summed E-state index contributed by atoms with van der Waals surface area (Å²) < 4.78 is 5.29. The molecule has 1 aliphatic heterocycles. The van der Waals surface area contributed by atoms with Crippen LogP contribution < -0.4 is 0 Å². The molecule has 86 valence electrons. The maximum absolute atomic E-state index is 8.67. The van der Waals surface area contributed by atoms with Gasteiger partial charge in [-0.05, 0) is 17.7 Å². The zero-order valence-electron chi connectivity index (χ0n) is 9.06. The molecule has 0 atom stereocenters. The van der Waals surface area contributed by atoms with E-state index in [0.29, 0.717) is 0 Å². The van der Waals surface area contributed by atoms with Gasteiger partial charge < -0.3 is 4.74 Å². The highest BCUT2D eigenvalue weighted by molar-refractivity contribution is 5.85. The normalized spacial score (nSPS) is 16.2. The zero-order valence-corrected chi connectivity index (χ0v) is 9.87. The Labute approximate surface area is 102 Å². The van der Waals surface area contributed by atoms with Crippen molar-refractivity contribution in [3.8, 4) is 6.07 Å². The molecule has 1 heterocycles. The summed E-state index contributed by atoms with van der Waals surface area (Å²) in [5, 5.41) is 8.67. The van der Waals surface area contributed by atoms with Crippen LogP contribution in [0.15, 0.2) is 24.3 Å². The third-order valence-corrected chi connectivity index (χ3v) is 2.59. The van der Waals surface area contributed by atoms with E-state index in [-0.39, 0.29) is 12.4 Å². The molecule has 1 saturated heterocycles. The highest BCUT2D eigenvalue weighted by Gasteiger charge is 2.10. The van der Waals surface area contributed by atoms with Gasteiger partial charge >= 0.3 is 0 Å². The van der Waals surface area contributed by atoms with Gasteiger partial charge in [-0.3, -0.25) is 4.90 Å². The van der Waals surface area contributed by atoms with Crippen molar-refractivity contribution in [2.75, 3.05) is 26.3 Å². The van der Waals surface area contributed by atoms with Gasteiger partial charge in [0.15, 0.2) is 0 Å². The molecule has 0 saturated carbocycles. The van der Waals surface area contributed by atoms with Crippen LogP contribution in [-0.2, 0) is 11.3 Å². The summed E-state index contributed by atoms with van der Waals surface area (Å²) in [6.07, 6.45) is 0. The van der Waals surface area contributed by atoms with Crippen molar-refractivity contribution in [2.45, 2.75) is 6.54 Å². The average Bonchev–Trinajstić information content (AvgIpc) is 2.31. The van der Waals surface area contributed by atoms with Crippen LogP contribution in [0.5, 0.6) is 0 Å². The van der Waals surface area contributed by atoms with Gasteiger partial charge in [-0.25, -0.2) is 0 Å². The van der Waals surface area contributed by atoms with E-state index < -0.39 is 0 Å². The van der Waals surface area contributed by atoms with E-state index in [1.807, 2.05) is 24.3 Å². The maximum Gasteiger partial charge on any atom is 0.0991 e. The minimum Gasteiger partial charge on any atom is -0.379 e. The number of ether oxygens (including phenoxy) is 1. The van der Waals surface area contributed by atoms with Crippen molar-refractivity contribution in [1.29, 1.82) is 5.26 Å². The van der Waals surface area contributed by atoms with E-state index in [4.69, 9.17) is 10.00 Å². The first-order chi connectivity index (χ1) is 7.38. The first-order valence-corrected chi connectivity index (χ1v) is 5.17. The molecule has 16 heavy (non-hydrogen) atoms. The van der Waals surface area contributed by atoms with Gasteiger partial charge in [-0.15, -0.1) is 12.4 Å². The third-order valence-electron chi connectivity index (χ3n) is 2.59. The first kappa shape index (κ1) is 13.0. The Morgan fingerprint density at radius 1 is 1.19 bits per heavy atom. The van der Waals surface area contributed by atoms with Crippen molar-refractivity contribution in [3.05, 3.63) is 35.4 Å². The average molecular weight is 239 g/mol. The number of hydrogen-bond donors (Lipinski definition) is 0. The Hall–Kier alpha value is -1.08. The molecule has 0 aromatic heterocycles. The molecule has 0 spiro atoms. The number of benzene rings is 1. The summed E-state index contributed by atoms with van der Waals surface area (Å²) in [5.74, 6) is 0. The zero-order chi connectivity index (χ0) is 10.5. The largest absolute Gasteiger partial charge is 0.379 e. The quantitative estimate of drug-likeness (QED) is 0.789. The molecular weight excluding hydrogens is 224 g/mol. The van der Waals surface area contributed by atoms with Crippen molar-refractivity contribution in [1.82, 2.24) is 4.90 Å². The fourth-order valence-electron chi connectivity index (χ4n) is 1.70. The minimum atomic E-state index is 0.